The molecule has 1 aromatic heterocycles. The molecule has 0 unspecified atom stereocenters. The molecule has 0 aliphatic carbocycles. The maximum absolute atomic E-state index is 13.6. The number of halogens is 1. The summed E-state index contributed by atoms with van der Waals surface area (Å²) in [7, 11) is 0. The van der Waals surface area contributed by atoms with Crippen molar-refractivity contribution in [3.63, 3.8) is 0 Å². The molecule has 3 aromatic rings. The molecule has 1 amide bonds. The predicted molar refractivity (Wildman–Crippen MR) is 98.2 cm³/mol. The first kappa shape index (κ1) is 17.5. The van der Waals surface area contributed by atoms with Gasteiger partial charge in [0.1, 0.15) is 5.82 Å². The summed E-state index contributed by atoms with van der Waals surface area (Å²) in [5, 5.41) is 5.78. The van der Waals surface area contributed by atoms with Crippen LogP contribution in [-0.2, 0) is 13.0 Å². The summed E-state index contributed by atoms with van der Waals surface area (Å²) in [6, 6.07) is 16.4. The highest BCUT2D eigenvalue weighted by molar-refractivity contribution is 5.93. The Morgan fingerprint density at radius 2 is 1.65 bits per heavy atom. The van der Waals surface area contributed by atoms with Gasteiger partial charge in [0.05, 0.1) is 5.56 Å². The van der Waals surface area contributed by atoms with Crippen LogP contribution in [0.3, 0.4) is 0 Å². The van der Waals surface area contributed by atoms with Crippen molar-refractivity contribution < 1.29 is 9.18 Å². The van der Waals surface area contributed by atoms with E-state index < -0.39 is 0 Å². The third-order valence-electron chi connectivity index (χ3n) is 3.85. The Morgan fingerprint density at radius 1 is 0.962 bits per heavy atom. The first-order valence-corrected chi connectivity index (χ1v) is 8.34. The number of aromatic nitrogens is 2. The van der Waals surface area contributed by atoms with E-state index in [1.165, 1.54) is 24.0 Å². The third-order valence-corrected chi connectivity index (χ3v) is 3.85. The van der Waals surface area contributed by atoms with Crippen molar-refractivity contribution >= 4 is 11.9 Å². The predicted octanol–water partition coefficient (Wildman–Crippen LogP) is 3.20. The molecule has 6 heteroatoms. The number of carbonyl (C=O) groups excluding carboxylic acids is 1. The number of benzene rings is 2. The largest absolute Gasteiger partial charge is 0.354 e. The van der Waals surface area contributed by atoms with E-state index in [-0.39, 0.29) is 18.3 Å². The van der Waals surface area contributed by atoms with E-state index in [2.05, 4.69) is 32.7 Å². The van der Waals surface area contributed by atoms with Gasteiger partial charge in [-0.3, -0.25) is 4.79 Å². The van der Waals surface area contributed by atoms with E-state index in [4.69, 9.17) is 0 Å². The van der Waals surface area contributed by atoms with Crippen molar-refractivity contribution in [1.29, 1.82) is 0 Å². The number of amides is 1. The molecule has 0 fully saturated rings. The number of hydrogen-bond acceptors (Lipinski definition) is 4. The Balaban J connectivity index is 1.49. The van der Waals surface area contributed by atoms with Gasteiger partial charge < -0.3 is 10.6 Å². The molecule has 5 nitrogen and oxygen atoms in total. The number of carbonyl (C=O) groups is 1. The molecular weight excluding hydrogens is 331 g/mol. The van der Waals surface area contributed by atoms with Crippen molar-refractivity contribution in [3.05, 3.63) is 89.5 Å². The lowest BCUT2D eigenvalue weighted by Crippen LogP contribution is -2.23. The second kappa shape index (κ2) is 8.71. The van der Waals surface area contributed by atoms with Crippen molar-refractivity contribution in [3.8, 4) is 0 Å². The normalized spacial score (nSPS) is 10.3. The van der Waals surface area contributed by atoms with Crippen LogP contribution in [0, 0.1) is 5.82 Å². The lowest BCUT2D eigenvalue weighted by molar-refractivity contribution is 0.0950. The molecule has 0 saturated carbocycles. The van der Waals surface area contributed by atoms with Crippen molar-refractivity contribution in [1.82, 2.24) is 15.3 Å². The summed E-state index contributed by atoms with van der Waals surface area (Å²) in [4.78, 5) is 20.4. The molecule has 1 heterocycles. The quantitative estimate of drug-likeness (QED) is 0.687. The minimum Gasteiger partial charge on any atom is -0.354 e. The first-order chi connectivity index (χ1) is 12.7. The van der Waals surface area contributed by atoms with Crippen LogP contribution in [0.4, 0.5) is 10.3 Å². The second-order valence-corrected chi connectivity index (χ2v) is 5.73. The smallest absolute Gasteiger partial charge is 0.254 e. The molecule has 0 aliphatic heterocycles. The van der Waals surface area contributed by atoms with E-state index in [9.17, 15) is 9.18 Å². The number of nitrogens with zero attached hydrogens (tertiary/aromatic N) is 2. The van der Waals surface area contributed by atoms with Crippen LogP contribution in [0.15, 0.2) is 67.0 Å². The van der Waals surface area contributed by atoms with Gasteiger partial charge in [0, 0.05) is 31.0 Å². The van der Waals surface area contributed by atoms with Crippen LogP contribution in [0.1, 0.15) is 21.5 Å². The van der Waals surface area contributed by atoms with Crippen molar-refractivity contribution in [2.24, 2.45) is 0 Å². The molecule has 0 aliphatic rings. The molecule has 0 atom stereocenters. The van der Waals surface area contributed by atoms with Crippen LogP contribution >= 0.6 is 0 Å². The van der Waals surface area contributed by atoms with Gasteiger partial charge in [0.2, 0.25) is 5.95 Å². The fraction of sp³-hybridized carbons (Fsp3) is 0.150. The van der Waals surface area contributed by atoms with Gasteiger partial charge in [-0.15, -0.1) is 0 Å². The average molecular weight is 350 g/mol. The summed E-state index contributed by atoms with van der Waals surface area (Å²) in [5.74, 6) is -0.224. The van der Waals surface area contributed by atoms with Gasteiger partial charge in [0.15, 0.2) is 0 Å². The highest BCUT2D eigenvalue weighted by Crippen LogP contribution is 2.07. The van der Waals surface area contributed by atoms with Crippen LogP contribution < -0.4 is 10.6 Å². The van der Waals surface area contributed by atoms with Gasteiger partial charge in [-0.1, -0.05) is 48.5 Å². The topological polar surface area (TPSA) is 66.9 Å². The monoisotopic (exact) mass is 350 g/mol. The summed E-state index contributed by atoms with van der Waals surface area (Å²) in [6.07, 6.45) is 3.76. The standard InChI is InChI=1S/C20H19FN4O/c21-18-9-5-4-8-16(18)12-23-19(26)17-13-24-20(25-14-17)22-11-10-15-6-2-1-3-7-15/h1-9,13-14H,10-12H2,(H,23,26)(H,22,24,25). The van der Waals surface area contributed by atoms with Gasteiger partial charge in [-0.25, -0.2) is 14.4 Å². The van der Waals surface area contributed by atoms with Crippen LogP contribution in [0.2, 0.25) is 0 Å². The van der Waals surface area contributed by atoms with Gasteiger partial charge >= 0.3 is 0 Å². The molecular formula is C20H19FN4O. The zero-order valence-corrected chi connectivity index (χ0v) is 14.2. The number of nitrogens with one attached hydrogen (secondary N) is 2. The summed E-state index contributed by atoms with van der Waals surface area (Å²) >= 11 is 0. The maximum Gasteiger partial charge on any atom is 0.254 e. The fourth-order valence-corrected chi connectivity index (χ4v) is 2.42. The van der Waals surface area contributed by atoms with E-state index in [1.807, 2.05) is 18.2 Å². The zero-order valence-electron chi connectivity index (χ0n) is 14.2. The van der Waals surface area contributed by atoms with Crippen molar-refractivity contribution in [2.45, 2.75) is 13.0 Å². The SMILES string of the molecule is O=C(NCc1ccccc1F)c1cnc(NCCc2ccccc2)nc1. The third kappa shape index (κ3) is 4.86. The summed E-state index contributed by atoms with van der Waals surface area (Å²) < 4.78 is 13.6. The summed E-state index contributed by atoms with van der Waals surface area (Å²) in [6.45, 7) is 0.811. The highest BCUT2D eigenvalue weighted by atomic mass is 19.1. The maximum atomic E-state index is 13.6. The lowest BCUT2D eigenvalue weighted by Gasteiger charge is -2.07. The zero-order chi connectivity index (χ0) is 18.2. The Labute approximate surface area is 151 Å². The molecule has 2 N–H and O–H groups in total. The van der Waals surface area contributed by atoms with E-state index in [0.717, 1.165) is 6.42 Å². The molecule has 0 bridgehead atoms. The van der Waals surface area contributed by atoms with Gasteiger partial charge in [-0.05, 0) is 18.1 Å². The Bertz CT molecular complexity index is 853. The molecule has 2 aromatic carbocycles. The van der Waals surface area contributed by atoms with E-state index in [0.29, 0.717) is 23.6 Å². The first-order valence-electron chi connectivity index (χ1n) is 8.34. The van der Waals surface area contributed by atoms with Crippen LogP contribution in [0.25, 0.3) is 0 Å². The number of rotatable bonds is 7. The van der Waals surface area contributed by atoms with Crippen LogP contribution in [0.5, 0.6) is 0 Å². The number of hydrogen-bond donors (Lipinski definition) is 2. The van der Waals surface area contributed by atoms with E-state index >= 15 is 0 Å². The number of anilines is 1. The average Bonchev–Trinajstić information content (AvgIpc) is 2.68. The van der Waals surface area contributed by atoms with Gasteiger partial charge in [0.25, 0.3) is 5.91 Å². The molecule has 0 saturated heterocycles. The Morgan fingerprint density at radius 3 is 2.38 bits per heavy atom. The molecule has 26 heavy (non-hydrogen) atoms. The minimum atomic E-state index is -0.345. The second-order valence-electron chi connectivity index (χ2n) is 5.73. The van der Waals surface area contributed by atoms with Crippen molar-refractivity contribution in [2.75, 3.05) is 11.9 Å². The Kier molecular flexibility index (Phi) is 5.88. The fourth-order valence-electron chi connectivity index (χ4n) is 2.42. The van der Waals surface area contributed by atoms with E-state index in [1.54, 1.807) is 18.2 Å². The molecule has 3 rings (SSSR count). The lowest BCUT2D eigenvalue weighted by atomic mass is 10.1. The molecule has 132 valence electrons. The van der Waals surface area contributed by atoms with Crippen LogP contribution in [-0.4, -0.2) is 22.4 Å². The summed E-state index contributed by atoms with van der Waals surface area (Å²) in [5.41, 5.74) is 1.99. The molecule has 0 radical (unpaired) electrons. The minimum absolute atomic E-state index is 0.114. The Hall–Kier alpha value is -3.28. The molecule has 0 spiro atoms. The highest BCUT2D eigenvalue weighted by Gasteiger charge is 2.08. The van der Waals surface area contributed by atoms with Gasteiger partial charge in [-0.2, -0.15) is 0 Å².